The molecular formula is C30H29FN8O. The Hall–Kier alpha value is -4.83. The van der Waals surface area contributed by atoms with Gasteiger partial charge in [-0.25, -0.2) is 9.37 Å². The first-order chi connectivity index (χ1) is 19.4. The third-order valence-electron chi connectivity index (χ3n) is 6.70. The van der Waals surface area contributed by atoms with E-state index in [1.54, 1.807) is 12.4 Å². The summed E-state index contributed by atoms with van der Waals surface area (Å²) < 4.78 is 20.4. The van der Waals surface area contributed by atoms with Crippen molar-refractivity contribution in [1.82, 2.24) is 35.0 Å². The first-order valence-electron chi connectivity index (χ1n) is 12.9. The number of hydrogen-bond donors (Lipinski definition) is 2. The van der Waals surface area contributed by atoms with Crippen LogP contribution in [-0.4, -0.2) is 76.4 Å². The van der Waals surface area contributed by atoms with E-state index >= 15 is 0 Å². The molecular weight excluding hydrogens is 507 g/mol. The van der Waals surface area contributed by atoms with Gasteiger partial charge in [-0.1, -0.05) is 0 Å². The van der Waals surface area contributed by atoms with Crippen LogP contribution in [0.1, 0.15) is 0 Å². The number of hydrogen-bond acceptors (Lipinski definition) is 7. The predicted octanol–water partition coefficient (Wildman–Crippen LogP) is 5.38. The molecule has 6 aromatic rings. The fourth-order valence-corrected chi connectivity index (χ4v) is 4.60. The highest BCUT2D eigenvalue weighted by Crippen LogP contribution is 2.34. The molecule has 9 nitrogen and oxygen atoms in total. The Morgan fingerprint density at radius 1 is 0.900 bits per heavy atom. The molecule has 0 spiro atoms. The normalized spacial score (nSPS) is 11.6. The molecule has 0 saturated heterocycles. The van der Waals surface area contributed by atoms with Gasteiger partial charge in [0.25, 0.3) is 0 Å². The van der Waals surface area contributed by atoms with E-state index in [2.05, 4.69) is 31.2 Å². The summed E-state index contributed by atoms with van der Waals surface area (Å²) in [5, 5.41) is 8.50. The molecule has 0 aliphatic rings. The van der Waals surface area contributed by atoms with Crippen LogP contribution in [0.3, 0.4) is 0 Å². The molecule has 0 aliphatic carbocycles. The Kier molecular flexibility index (Phi) is 6.61. The minimum absolute atomic E-state index is 0.380. The highest BCUT2D eigenvalue weighted by molar-refractivity contribution is 5.99. The summed E-state index contributed by atoms with van der Waals surface area (Å²) in [4.78, 5) is 21.4. The summed E-state index contributed by atoms with van der Waals surface area (Å²) in [5.41, 5.74) is 7.86. The molecule has 0 atom stereocenters. The van der Waals surface area contributed by atoms with E-state index in [0.717, 1.165) is 51.1 Å². The van der Waals surface area contributed by atoms with E-state index in [4.69, 9.17) is 9.72 Å². The number of pyridine rings is 3. The zero-order valence-corrected chi connectivity index (χ0v) is 22.7. The van der Waals surface area contributed by atoms with Crippen LogP contribution in [-0.2, 0) is 0 Å². The largest absolute Gasteiger partial charge is 0.492 e. The van der Waals surface area contributed by atoms with Crippen LogP contribution in [0.4, 0.5) is 10.1 Å². The molecule has 40 heavy (non-hydrogen) atoms. The quantitative estimate of drug-likeness (QED) is 0.270. The monoisotopic (exact) mass is 536 g/mol. The second kappa shape index (κ2) is 10.4. The lowest BCUT2D eigenvalue weighted by atomic mass is 10.1. The van der Waals surface area contributed by atoms with Crippen LogP contribution in [0, 0.1) is 5.82 Å². The number of nitrogens with zero attached hydrogens (tertiary/aromatic N) is 6. The van der Waals surface area contributed by atoms with Crippen molar-refractivity contribution in [3.8, 4) is 39.7 Å². The van der Waals surface area contributed by atoms with Crippen LogP contribution in [0.15, 0.2) is 67.1 Å². The maximum Gasteiger partial charge on any atom is 0.135 e. The van der Waals surface area contributed by atoms with Crippen LogP contribution >= 0.6 is 0 Å². The molecule has 0 bridgehead atoms. The standard InChI is InChI=1S/C30H29FN8O/c1-38(2)9-10-40-22-13-18(11-20(31)14-22)28-23-15-27(34-25(23)7-8-33-28)30-29-26(36-37-30)6-5-24(35-29)19-12-21(39(3)4)17-32-16-19/h5-8,11-17,34H,9-10H2,1-4H3,(H,36,37). The molecule has 0 aliphatic heterocycles. The Balaban J connectivity index is 1.39. The van der Waals surface area contributed by atoms with Crippen molar-refractivity contribution < 1.29 is 9.13 Å². The lowest BCUT2D eigenvalue weighted by Gasteiger charge is -2.12. The highest BCUT2D eigenvalue weighted by Gasteiger charge is 2.17. The van der Waals surface area contributed by atoms with Crippen LogP contribution in [0.5, 0.6) is 5.75 Å². The second-order valence-corrected chi connectivity index (χ2v) is 10.1. The number of H-pyrrole nitrogens is 2. The summed E-state index contributed by atoms with van der Waals surface area (Å²) in [6, 6.07) is 14.5. The van der Waals surface area contributed by atoms with E-state index < -0.39 is 0 Å². The van der Waals surface area contributed by atoms with E-state index in [9.17, 15) is 4.39 Å². The number of rotatable bonds is 8. The molecule has 5 aromatic heterocycles. The van der Waals surface area contributed by atoms with Crippen LogP contribution in [0.25, 0.3) is 55.8 Å². The van der Waals surface area contributed by atoms with Gasteiger partial charge in [0, 0.05) is 61.1 Å². The summed E-state index contributed by atoms with van der Waals surface area (Å²) >= 11 is 0. The number of likely N-dealkylation sites (N-methyl/N-ethyl adjacent to an activating group) is 1. The number of aromatic nitrogens is 6. The lowest BCUT2D eigenvalue weighted by molar-refractivity contribution is 0.260. The number of ether oxygens (including phenoxy) is 1. The fourth-order valence-electron chi connectivity index (χ4n) is 4.60. The van der Waals surface area contributed by atoms with Crippen molar-refractivity contribution >= 4 is 27.6 Å². The molecule has 0 fully saturated rings. The zero-order valence-electron chi connectivity index (χ0n) is 22.7. The van der Waals surface area contributed by atoms with Crippen molar-refractivity contribution in [3.63, 3.8) is 0 Å². The summed E-state index contributed by atoms with van der Waals surface area (Å²) in [7, 11) is 7.89. The first kappa shape index (κ1) is 25.4. The van der Waals surface area contributed by atoms with Crippen molar-refractivity contribution in [1.29, 1.82) is 0 Å². The fraction of sp³-hybridized carbons (Fsp3) is 0.200. The average Bonchev–Trinajstić information content (AvgIpc) is 3.56. The van der Waals surface area contributed by atoms with Gasteiger partial charge in [-0.15, -0.1) is 0 Å². The summed E-state index contributed by atoms with van der Waals surface area (Å²) in [6.07, 6.45) is 5.33. The molecule has 6 rings (SSSR count). The third-order valence-corrected chi connectivity index (χ3v) is 6.70. The van der Waals surface area contributed by atoms with Gasteiger partial charge in [0.2, 0.25) is 0 Å². The minimum atomic E-state index is -0.380. The number of nitrogens with one attached hydrogen (secondary N) is 2. The number of halogens is 1. The molecule has 2 N–H and O–H groups in total. The molecule has 202 valence electrons. The Morgan fingerprint density at radius 2 is 1.77 bits per heavy atom. The van der Waals surface area contributed by atoms with E-state index in [0.29, 0.717) is 29.3 Å². The number of benzene rings is 1. The van der Waals surface area contributed by atoms with E-state index in [-0.39, 0.29) is 5.82 Å². The van der Waals surface area contributed by atoms with Crippen molar-refractivity contribution in [2.45, 2.75) is 0 Å². The van der Waals surface area contributed by atoms with Gasteiger partial charge in [0.05, 0.1) is 34.5 Å². The van der Waals surface area contributed by atoms with Crippen molar-refractivity contribution in [2.75, 3.05) is 46.2 Å². The van der Waals surface area contributed by atoms with Crippen molar-refractivity contribution in [3.05, 3.63) is 72.9 Å². The minimum Gasteiger partial charge on any atom is -0.492 e. The van der Waals surface area contributed by atoms with Gasteiger partial charge < -0.3 is 19.5 Å². The van der Waals surface area contributed by atoms with Gasteiger partial charge in [0.15, 0.2) is 0 Å². The molecule has 0 unspecified atom stereocenters. The molecule has 1 aromatic carbocycles. The topological polar surface area (TPSA) is 98.8 Å². The Morgan fingerprint density at radius 3 is 2.60 bits per heavy atom. The molecule has 5 heterocycles. The third kappa shape index (κ3) is 4.96. The smallest absolute Gasteiger partial charge is 0.135 e. The zero-order chi connectivity index (χ0) is 27.8. The van der Waals surface area contributed by atoms with Gasteiger partial charge in [-0.2, -0.15) is 5.10 Å². The predicted molar refractivity (Wildman–Crippen MR) is 156 cm³/mol. The van der Waals surface area contributed by atoms with Gasteiger partial charge >= 0.3 is 0 Å². The van der Waals surface area contributed by atoms with Crippen LogP contribution < -0.4 is 9.64 Å². The second-order valence-electron chi connectivity index (χ2n) is 10.1. The molecule has 10 heteroatoms. The first-order valence-corrected chi connectivity index (χ1v) is 12.9. The van der Waals surface area contributed by atoms with Gasteiger partial charge in [0.1, 0.15) is 29.4 Å². The van der Waals surface area contributed by atoms with E-state index in [1.807, 2.05) is 74.5 Å². The molecule has 0 amide bonds. The lowest BCUT2D eigenvalue weighted by Crippen LogP contribution is -2.19. The SMILES string of the molecule is CN(C)CCOc1cc(F)cc(-c2nccc3[nH]c(-c4n[nH]c5ccc(-c6cncc(N(C)C)c6)nc45)cc23)c1. The number of aromatic amines is 2. The maximum atomic E-state index is 14.6. The summed E-state index contributed by atoms with van der Waals surface area (Å²) in [6.45, 7) is 1.18. The molecule has 0 radical (unpaired) electrons. The highest BCUT2D eigenvalue weighted by atomic mass is 19.1. The van der Waals surface area contributed by atoms with Crippen molar-refractivity contribution in [2.24, 2.45) is 0 Å². The van der Waals surface area contributed by atoms with Crippen LogP contribution in [0.2, 0.25) is 0 Å². The van der Waals surface area contributed by atoms with Gasteiger partial charge in [-0.3, -0.25) is 15.1 Å². The Bertz CT molecular complexity index is 1820. The average molecular weight is 537 g/mol. The van der Waals surface area contributed by atoms with Gasteiger partial charge in [-0.05, 0) is 56.6 Å². The Labute approximate surface area is 230 Å². The number of fused-ring (bicyclic) bond motifs is 2. The maximum absolute atomic E-state index is 14.6. The van der Waals surface area contributed by atoms with E-state index in [1.165, 1.54) is 12.1 Å². The number of anilines is 1. The molecule has 0 saturated carbocycles. The summed E-state index contributed by atoms with van der Waals surface area (Å²) in [5.74, 6) is 0.0871.